The van der Waals surface area contributed by atoms with Crippen LogP contribution in [0.5, 0.6) is 0 Å². The van der Waals surface area contributed by atoms with E-state index in [1.54, 1.807) is 29.3 Å². The third-order valence-electron chi connectivity index (χ3n) is 1.73. The molecule has 4 nitrogen and oxygen atoms in total. The molecule has 2 heterocycles. The number of halogens is 1. The SMILES string of the molecule is [CH2]c1ncn(Cc2ncccc2Cl)n1. The molecule has 14 heavy (non-hydrogen) atoms. The van der Waals surface area contributed by atoms with E-state index in [1.165, 1.54) is 0 Å². The average molecular weight is 208 g/mol. The minimum Gasteiger partial charge on any atom is -0.258 e. The molecule has 0 N–H and O–H groups in total. The lowest BCUT2D eigenvalue weighted by molar-refractivity contribution is 0.668. The van der Waals surface area contributed by atoms with Gasteiger partial charge in [-0.2, -0.15) is 5.10 Å². The standard InChI is InChI=1S/C9H8ClN4/c1-7-12-6-14(13-7)5-9-8(10)3-2-4-11-9/h2-4,6H,1,5H2. The highest BCUT2D eigenvalue weighted by Crippen LogP contribution is 2.12. The van der Waals surface area contributed by atoms with Crippen molar-refractivity contribution in [3.05, 3.63) is 48.1 Å². The van der Waals surface area contributed by atoms with E-state index in [-0.39, 0.29) is 0 Å². The fourth-order valence-corrected chi connectivity index (χ4v) is 1.28. The van der Waals surface area contributed by atoms with Crippen molar-refractivity contribution in [1.82, 2.24) is 19.7 Å². The fraction of sp³-hybridized carbons (Fsp3) is 0.111. The molecule has 0 aromatic carbocycles. The summed E-state index contributed by atoms with van der Waals surface area (Å²) in [5.41, 5.74) is 0.777. The van der Waals surface area contributed by atoms with Crippen LogP contribution in [0.4, 0.5) is 0 Å². The molecule has 0 bridgehead atoms. The first-order valence-electron chi connectivity index (χ1n) is 4.06. The van der Waals surface area contributed by atoms with Crippen molar-refractivity contribution in [2.45, 2.75) is 6.54 Å². The van der Waals surface area contributed by atoms with E-state index in [9.17, 15) is 0 Å². The van der Waals surface area contributed by atoms with Gasteiger partial charge < -0.3 is 0 Å². The third-order valence-corrected chi connectivity index (χ3v) is 2.07. The van der Waals surface area contributed by atoms with Crippen LogP contribution >= 0.6 is 11.6 Å². The summed E-state index contributed by atoms with van der Waals surface area (Å²) >= 11 is 5.94. The summed E-state index contributed by atoms with van der Waals surface area (Å²) in [6.45, 7) is 4.12. The lowest BCUT2D eigenvalue weighted by Gasteiger charge is -2.01. The fourth-order valence-electron chi connectivity index (χ4n) is 1.10. The number of hydrogen-bond donors (Lipinski definition) is 0. The smallest absolute Gasteiger partial charge is 0.151 e. The Balaban J connectivity index is 2.23. The minimum absolute atomic E-state index is 0.497. The first-order chi connectivity index (χ1) is 6.75. The van der Waals surface area contributed by atoms with Gasteiger partial charge in [-0.3, -0.25) is 4.98 Å². The Kier molecular flexibility index (Phi) is 2.45. The van der Waals surface area contributed by atoms with Gasteiger partial charge >= 0.3 is 0 Å². The third kappa shape index (κ3) is 1.90. The molecule has 0 amide bonds. The molecule has 0 spiro atoms. The maximum absolute atomic E-state index is 5.94. The Hall–Kier alpha value is -1.42. The highest BCUT2D eigenvalue weighted by Gasteiger charge is 2.02. The van der Waals surface area contributed by atoms with Crippen LogP contribution in [0.2, 0.25) is 5.02 Å². The van der Waals surface area contributed by atoms with Crippen LogP contribution in [0, 0.1) is 6.92 Å². The first-order valence-corrected chi connectivity index (χ1v) is 4.44. The van der Waals surface area contributed by atoms with Gasteiger partial charge in [-0.15, -0.1) is 0 Å². The average Bonchev–Trinajstić information content (AvgIpc) is 2.56. The maximum Gasteiger partial charge on any atom is 0.151 e. The number of pyridine rings is 1. The normalized spacial score (nSPS) is 10.4. The zero-order chi connectivity index (χ0) is 9.97. The molecule has 0 aliphatic rings. The molecule has 0 saturated heterocycles. The predicted octanol–water partition coefficient (Wildman–Crippen LogP) is 1.56. The van der Waals surface area contributed by atoms with Gasteiger partial charge in [-0.25, -0.2) is 9.67 Å². The molecule has 2 rings (SSSR count). The maximum atomic E-state index is 5.94. The van der Waals surface area contributed by atoms with Crippen LogP contribution in [0.1, 0.15) is 11.5 Å². The summed E-state index contributed by atoms with van der Waals surface area (Å²) in [6, 6.07) is 3.59. The largest absolute Gasteiger partial charge is 0.258 e. The number of nitrogens with zero attached hydrogens (tertiary/aromatic N) is 4. The molecule has 0 aliphatic heterocycles. The van der Waals surface area contributed by atoms with Crippen molar-refractivity contribution in [2.75, 3.05) is 0 Å². The van der Waals surface area contributed by atoms with E-state index in [4.69, 9.17) is 11.6 Å². The second kappa shape index (κ2) is 3.75. The summed E-state index contributed by atoms with van der Waals surface area (Å²) in [5.74, 6) is 0.497. The molecule has 0 aliphatic carbocycles. The molecule has 0 fully saturated rings. The van der Waals surface area contributed by atoms with Gasteiger partial charge in [0.25, 0.3) is 0 Å². The van der Waals surface area contributed by atoms with Crippen molar-refractivity contribution in [1.29, 1.82) is 0 Å². The minimum atomic E-state index is 0.497. The Morgan fingerprint density at radius 2 is 2.29 bits per heavy atom. The second-order valence-corrected chi connectivity index (χ2v) is 3.20. The van der Waals surface area contributed by atoms with Crippen LogP contribution in [0.25, 0.3) is 0 Å². The summed E-state index contributed by atoms with van der Waals surface area (Å²) in [6.07, 6.45) is 3.30. The topological polar surface area (TPSA) is 43.6 Å². The van der Waals surface area contributed by atoms with Crippen LogP contribution in [0.15, 0.2) is 24.7 Å². The summed E-state index contributed by atoms with van der Waals surface area (Å²) in [7, 11) is 0. The Morgan fingerprint density at radius 1 is 1.43 bits per heavy atom. The number of rotatable bonds is 2. The van der Waals surface area contributed by atoms with Crippen molar-refractivity contribution in [3.8, 4) is 0 Å². The zero-order valence-electron chi connectivity index (χ0n) is 7.39. The van der Waals surface area contributed by atoms with Gasteiger partial charge in [0.1, 0.15) is 6.33 Å². The molecular formula is C9H8ClN4. The van der Waals surface area contributed by atoms with Gasteiger partial charge in [-0.05, 0) is 12.1 Å². The monoisotopic (exact) mass is 207 g/mol. The van der Waals surface area contributed by atoms with Crippen molar-refractivity contribution in [2.24, 2.45) is 0 Å². The van der Waals surface area contributed by atoms with Crippen molar-refractivity contribution < 1.29 is 0 Å². The molecule has 2 aromatic rings. The Morgan fingerprint density at radius 3 is 2.93 bits per heavy atom. The number of hydrogen-bond acceptors (Lipinski definition) is 3. The highest BCUT2D eigenvalue weighted by molar-refractivity contribution is 6.31. The molecule has 1 radical (unpaired) electrons. The molecule has 0 atom stereocenters. The van der Waals surface area contributed by atoms with E-state index in [2.05, 4.69) is 22.0 Å². The van der Waals surface area contributed by atoms with Crippen LogP contribution < -0.4 is 0 Å². The van der Waals surface area contributed by atoms with Crippen LogP contribution in [-0.2, 0) is 6.54 Å². The van der Waals surface area contributed by atoms with E-state index in [1.807, 2.05) is 0 Å². The Bertz CT molecular complexity index is 438. The van der Waals surface area contributed by atoms with Crippen LogP contribution in [-0.4, -0.2) is 19.7 Å². The lowest BCUT2D eigenvalue weighted by Crippen LogP contribution is -2.02. The van der Waals surface area contributed by atoms with Gasteiger partial charge in [0.05, 0.1) is 17.3 Å². The van der Waals surface area contributed by atoms with Crippen molar-refractivity contribution in [3.63, 3.8) is 0 Å². The van der Waals surface area contributed by atoms with Gasteiger partial charge in [-0.1, -0.05) is 11.6 Å². The van der Waals surface area contributed by atoms with Gasteiger partial charge in [0.15, 0.2) is 5.82 Å². The molecule has 0 unspecified atom stereocenters. The van der Waals surface area contributed by atoms with E-state index in [0.717, 1.165) is 5.69 Å². The van der Waals surface area contributed by atoms with Crippen molar-refractivity contribution >= 4 is 11.6 Å². The summed E-state index contributed by atoms with van der Waals surface area (Å²) in [5, 5.41) is 4.68. The van der Waals surface area contributed by atoms with E-state index < -0.39 is 0 Å². The zero-order valence-corrected chi connectivity index (χ0v) is 8.15. The first kappa shape index (κ1) is 9.15. The van der Waals surface area contributed by atoms with Crippen LogP contribution in [0.3, 0.4) is 0 Å². The molecule has 5 heteroatoms. The molecule has 0 saturated carbocycles. The summed E-state index contributed by atoms with van der Waals surface area (Å²) < 4.78 is 1.65. The second-order valence-electron chi connectivity index (χ2n) is 2.79. The lowest BCUT2D eigenvalue weighted by atomic mass is 10.3. The van der Waals surface area contributed by atoms with E-state index >= 15 is 0 Å². The highest BCUT2D eigenvalue weighted by atomic mass is 35.5. The quantitative estimate of drug-likeness (QED) is 0.751. The molecule has 71 valence electrons. The number of aromatic nitrogens is 4. The predicted molar refractivity (Wildman–Crippen MR) is 52.8 cm³/mol. The van der Waals surface area contributed by atoms with Gasteiger partial charge in [0, 0.05) is 13.1 Å². The van der Waals surface area contributed by atoms with E-state index in [0.29, 0.717) is 17.4 Å². The molecular weight excluding hydrogens is 200 g/mol. The Labute approximate surface area is 86.6 Å². The molecule has 2 aromatic heterocycles. The summed E-state index contributed by atoms with van der Waals surface area (Å²) in [4.78, 5) is 8.05. The van der Waals surface area contributed by atoms with Gasteiger partial charge in [0.2, 0.25) is 0 Å².